The molecule has 0 saturated heterocycles. The lowest BCUT2D eigenvalue weighted by atomic mass is 10.2. The zero-order valence-corrected chi connectivity index (χ0v) is 14.0. The van der Waals surface area contributed by atoms with Gasteiger partial charge < -0.3 is 10.6 Å². The maximum Gasteiger partial charge on any atom is 0.131 e. The van der Waals surface area contributed by atoms with Crippen LogP contribution in [0.25, 0.3) is 0 Å². The van der Waals surface area contributed by atoms with Gasteiger partial charge in [0.05, 0.1) is 6.04 Å². The molecule has 1 saturated carbocycles. The molecule has 0 aromatic heterocycles. The SMILES string of the molecule is CCCSC1NC(N[C@H]2CC[C@@H](N=O)C2)=C(NN=N)C(Cl)N1. The molecule has 0 bridgehead atoms. The first-order valence-corrected chi connectivity index (χ1v) is 8.90. The number of nitrogens with zero attached hydrogens (tertiary/aromatic N) is 2. The van der Waals surface area contributed by atoms with E-state index in [-0.39, 0.29) is 17.6 Å². The summed E-state index contributed by atoms with van der Waals surface area (Å²) in [4.78, 5) is 10.6. The smallest absolute Gasteiger partial charge is 0.131 e. The monoisotopic (exact) mass is 347 g/mol. The van der Waals surface area contributed by atoms with Crippen LogP contribution in [-0.4, -0.2) is 28.8 Å². The topological polar surface area (TPSA) is 114 Å². The molecule has 0 spiro atoms. The third kappa shape index (κ3) is 4.47. The van der Waals surface area contributed by atoms with Crippen LogP contribution in [0.2, 0.25) is 0 Å². The summed E-state index contributed by atoms with van der Waals surface area (Å²) in [5.74, 6) is 1.74. The lowest BCUT2D eigenvalue weighted by molar-refractivity contribution is 0.453. The van der Waals surface area contributed by atoms with E-state index in [9.17, 15) is 4.91 Å². The number of hydrogen-bond acceptors (Lipinski definition) is 8. The van der Waals surface area contributed by atoms with Crippen LogP contribution in [0, 0.1) is 10.4 Å². The molecule has 2 rings (SSSR count). The van der Waals surface area contributed by atoms with Crippen molar-refractivity contribution in [2.24, 2.45) is 10.4 Å². The zero-order chi connectivity index (χ0) is 15.9. The lowest BCUT2D eigenvalue weighted by Gasteiger charge is -2.34. The fourth-order valence-corrected chi connectivity index (χ4v) is 3.86. The number of alkyl halides is 1. The van der Waals surface area contributed by atoms with Gasteiger partial charge in [0.2, 0.25) is 0 Å². The largest absolute Gasteiger partial charge is 0.367 e. The molecule has 1 fully saturated rings. The molecule has 0 amide bonds. The van der Waals surface area contributed by atoms with Crippen LogP contribution in [0.5, 0.6) is 0 Å². The van der Waals surface area contributed by atoms with Crippen LogP contribution in [0.1, 0.15) is 32.6 Å². The molecule has 1 aliphatic carbocycles. The van der Waals surface area contributed by atoms with Gasteiger partial charge in [0.15, 0.2) is 0 Å². The summed E-state index contributed by atoms with van der Waals surface area (Å²) >= 11 is 8.07. The maximum atomic E-state index is 10.6. The molecule has 22 heavy (non-hydrogen) atoms. The molecular formula is C12H22ClN7OS. The summed E-state index contributed by atoms with van der Waals surface area (Å²) in [6, 6.07) is 0.0562. The molecule has 0 radical (unpaired) electrons. The summed E-state index contributed by atoms with van der Waals surface area (Å²) in [5.41, 5.74) is 9.73. The highest BCUT2D eigenvalue weighted by atomic mass is 35.5. The molecule has 2 aliphatic rings. The average molecular weight is 348 g/mol. The second kappa shape index (κ2) is 8.54. The van der Waals surface area contributed by atoms with E-state index >= 15 is 0 Å². The van der Waals surface area contributed by atoms with E-state index in [4.69, 9.17) is 17.1 Å². The Morgan fingerprint density at radius 3 is 2.95 bits per heavy atom. The Balaban J connectivity index is 2.05. The first-order valence-electron chi connectivity index (χ1n) is 7.41. The maximum absolute atomic E-state index is 10.6. The van der Waals surface area contributed by atoms with Crippen LogP contribution < -0.4 is 21.4 Å². The number of hydrogen-bond donors (Lipinski definition) is 5. The molecule has 1 heterocycles. The van der Waals surface area contributed by atoms with E-state index in [1.54, 1.807) is 11.8 Å². The second-order valence-electron chi connectivity index (χ2n) is 5.35. The molecular weight excluding hydrogens is 326 g/mol. The van der Waals surface area contributed by atoms with Crippen molar-refractivity contribution >= 4 is 23.4 Å². The molecule has 124 valence electrons. The Morgan fingerprint density at radius 1 is 1.50 bits per heavy atom. The molecule has 8 nitrogen and oxygen atoms in total. The van der Waals surface area contributed by atoms with Crippen molar-refractivity contribution in [3.05, 3.63) is 16.4 Å². The van der Waals surface area contributed by atoms with Crippen molar-refractivity contribution in [3.63, 3.8) is 0 Å². The first kappa shape index (κ1) is 17.3. The molecule has 4 atom stereocenters. The van der Waals surface area contributed by atoms with Gasteiger partial charge in [-0.2, -0.15) is 10.4 Å². The zero-order valence-electron chi connectivity index (χ0n) is 12.4. The van der Waals surface area contributed by atoms with Crippen LogP contribution >= 0.6 is 23.4 Å². The normalized spacial score (nSPS) is 31.5. The fraction of sp³-hybridized carbons (Fsp3) is 0.833. The first-order chi connectivity index (χ1) is 10.7. The summed E-state index contributed by atoms with van der Waals surface area (Å²) in [6.45, 7) is 2.13. The summed E-state index contributed by atoms with van der Waals surface area (Å²) in [6.07, 6.45) is 3.48. The number of rotatable bonds is 8. The highest BCUT2D eigenvalue weighted by Crippen LogP contribution is 2.25. The van der Waals surface area contributed by atoms with Gasteiger partial charge in [-0.1, -0.05) is 28.9 Å². The highest BCUT2D eigenvalue weighted by Gasteiger charge is 2.31. The van der Waals surface area contributed by atoms with Crippen LogP contribution in [-0.2, 0) is 0 Å². The number of nitroso groups, excluding NO2 is 1. The summed E-state index contributed by atoms with van der Waals surface area (Å²) in [5, 5.41) is 16.3. The third-order valence-corrected chi connectivity index (χ3v) is 5.24. The Morgan fingerprint density at radius 2 is 2.32 bits per heavy atom. The number of thioether (sulfide) groups is 1. The van der Waals surface area contributed by atoms with Crippen molar-refractivity contribution in [3.8, 4) is 0 Å². The Labute approximate surface area is 139 Å². The minimum Gasteiger partial charge on any atom is -0.367 e. The molecule has 5 N–H and O–H groups in total. The third-order valence-electron chi connectivity index (χ3n) is 3.66. The highest BCUT2D eigenvalue weighted by molar-refractivity contribution is 7.99. The van der Waals surface area contributed by atoms with E-state index in [0.29, 0.717) is 12.1 Å². The van der Waals surface area contributed by atoms with E-state index in [1.807, 2.05) is 0 Å². The molecule has 0 aromatic rings. The van der Waals surface area contributed by atoms with E-state index < -0.39 is 5.50 Å². The Bertz CT molecular complexity index is 436. The predicted molar refractivity (Wildman–Crippen MR) is 88.1 cm³/mol. The minimum absolute atomic E-state index is 0.0115. The van der Waals surface area contributed by atoms with Gasteiger partial charge in [-0.15, -0.1) is 11.8 Å². The van der Waals surface area contributed by atoms with Gasteiger partial charge in [0, 0.05) is 6.04 Å². The second-order valence-corrected chi connectivity index (χ2v) is 7.00. The summed E-state index contributed by atoms with van der Waals surface area (Å²) < 4.78 is 0. The number of halogens is 1. The van der Waals surface area contributed by atoms with Crippen molar-refractivity contribution in [1.82, 2.24) is 21.4 Å². The van der Waals surface area contributed by atoms with Crippen LogP contribution in [0.15, 0.2) is 21.9 Å². The van der Waals surface area contributed by atoms with Crippen molar-refractivity contribution in [2.75, 3.05) is 5.75 Å². The van der Waals surface area contributed by atoms with E-state index in [1.165, 1.54) is 0 Å². The van der Waals surface area contributed by atoms with Crippen LogP contribution in [0.4, 0.5) is 0 Å². The van der Waals surface area contributed by atoms with Crippen molar-refractivity contribution in [2.45, 2.75) is 55.7 Å². The molecule has 1 aliphatic heterocycles. The molecule has 10 heteroatoms. The standard InChI is InChI=1S/C12H22ClN7OS/c1-2-5-22-12-16-10(13)9(18-20-14)11(17-12)15-7-3-4-8(6-7)19-21/h7-8,10,12,15-17H,2-6H2,1H3,(H2,14,18)/t7-,8+,10?,12?/m0/s1. The van der Waals surface area contributed by atoms with Crippen molar-refractivity contribution < 1.29 is 0 Å². The van der Waals surface area contributed by atoms with E-state index in [2.05, 4.69) is 38.7 Å². The van der Waals surface area contributed by atoms with Crippen molar-refractivity contribution in [1.29, 1.82) is 5.53 Å². The van der Waals surface area contributed by atoms with Gasteiger partial charge in [-0.05, 0) is 31.4 Å². The van der Waals surface area contributed by atoms with Gasteiger partial charge >= 0.3 is 0 Å². The average Bonchev–Trinajstić information content (AvgIpc) is 2.96. The quantitative estimate of drug-likeness (QED) is 0.151. The fourth-order valence-electron chi connectivity index (χ4n) is 2.60. The number of nitrogens with one attached hydrogen (secondary N) is 5. The van der Waals surface area contributed by atoms with Gasteiger partial charge in [0.1, 0.15) is 22.5 Å². The minimum atomic E-state index is -0.464. The Kier molecular flexibility index (Phi) is 6.71. The predicted octanol–water partition coefficient (Wildman–Crippen LogP) is 2.15. The van der Waals surface area contributed by atoms with Crippen LogP contribution in [0.3, 0.4) is 0 Å². The molecule has 0 aromatic carbocycles. The Hall–Kier alpha value is -1.06. The summed E-state index contributed by atoms with van der Waals surface area (Å²) in [7, 11) is 0. The van der Waals surface area contributed by atoms with Gasteiger partial charge in [-0.25, -0.2) is 0 Å². The van der Waals surface area contributed by atoms with Gasteiger partial charge in [0.25, 0.3) is 0 Å². The molecule has 2 unspecified atom stereocenters. The van der Waals surface area contributed by atoms with Gasteiger partial charge in [-0.3, -0.25) is 10.7 Å². The lowest BCUT2D eigenvalue weighted by Crippen LogP contribution is -2.55. The van der Waals surface area contributed by atoms with E-state index in [0.717, 1.165) is 30.8 Å².